The number of pyridine rings is 1. The minimum absolute atomic E-state index is 1.11. The van der Waals surface area contributed by atoms with Gasteiger partial charge in [0.15, 0.2) is 0 Å². The Morgan fingerprint density at radius 3 is 2.23 bits per heavy atom. The number of aromatic nitrogens is 1. The first-order valence-electron chi connectivity index (χ1n) is 12.0. The standard InChI is InChI=1S/C26H44N2S2/c1-3-4-5-6-7-8-9-10-11-12-13-14-15-16-17-20-23-28(2)24-25-29-30-26-21-18-19-22-27-26/h7-8,10-11,18-19,21-22H,3-6,9,12-17,20,23-25H2,1-2H3/b8-7-,11-10-. The second kappa shape index (κ2) is 21.5. The van der Waals surface area contributed by atoms with Crippen LogP contribution in [-0.4, -0.2) is 35.8 Å². The Hall–Kier alpha value is -0.710. The van der Waals surface area contributed by atoms with E-state index in [0.29, 0.717) is 0 Å². The summed E-state index contributed by atoms with van der Waals surface area (Å²) in [4.78, 5) is 6.81. The van der Waals surface area contributed by atoms with Crippen LogP contribution in [0.25, 0.3) is 0 Å². The molecule has 4 heteroatoms. The molecule has 0 N–H and O–H groups in total. The minimum atomic E-state index is 1.11. The van der Waals surface area contributed by atoms with Crippen LogP contribution in [0.15, 0.2) is 53.7 Å². The second-order valence-electron chi connectivity index (χ2n) is 7.96. The summed E-state index contributed by atoms with van der Waals surface area (Å²) >= 11 is 0. The van der Waals surface area contributed by atoms with Gasteiger partial charge in [-0.05, 0) is 75.0 Å². The SMILES string of the molecule is CCCCC/C=C\C/C=C\CCCCCCCCN(C)CCSSc1ccccn1. The molecule has 30 heavy (non-hydrogen) atoms. The highest BCUT2D eigenvalue weighted by Crippen LogP contribution is 2.28. The van der Waals surface area contributed by atoms with Gasteiger partial charge in [0.2, 0.25) is 0 Å². The van der Waals surface area contributed by atoms with E-state index in [0.717, 1.165) is 23.7 Å². The third-order valence-electron chi connectivity index (χ3n) is 5.08. The topological polar surface area (TPSA) is 16.1 Å². The summed E-state index contributed by atoms with van der Waals surface area (Å²) in [6.45, 7) is 4.65. The molecular weight excluding hydrogens is 404 g/mol. The third-order valence-corrected chi connectivity index (χ3v) is 7.32. The third kappa shape index (κ3) is 18.1. The average Bonchev–Trinajstić information content (AvgIpc) is 2.77. The fourth-order valence-corrected chi connectivity index (χ4v) is 5.13. The van der Waals surface area contributed by atoms with Crippen LogP contribution in [0.2, 0.25) is 0 Å². The highest BCUT2D eigenvalue weighted by atomic mass is 33.1. The molecule has 0 aliphatic rings. The summed E-state index contributed by atoms with van der Waals surface area (Å²) in [5.74, 6) is 1.15. The first kappa shape index (κ1) is 27.3. The van der Waals surface area contributed by atoms with Gasteiger partial charge in [-0.1, -0.05) is 86.6 Å². The maximum Gasteiger partial charge on any atom is 0.106 e. The summed E-state index contributed by atoms with van der Waals surface area (Å²) in [6.07, 6.45) is 27.1. The van der Waals surface area contributed by atoms with Crippen LogP contribution in [0.3, 0.4) is 0 Å². The van der Waals surface area contributed by atoms with Gasteiger partial charge in [-0.25, -0.2) is 4.98 Å². The smallest absolute Gasteiger partial charge is 0.106 e. The fourth-order valence-electron chi connectivity index (χ4n) is 3.17. The normalized spacial score (nSPS) is 12.0. The highest BCUT2D eigenvalue weighted by molar-refractivity contribution is 8.76. The molecule has 0 amide bonds. The molecule has 0 unspecified atom stereocenters. The van der Waals surface area contributed by atoms with Crippen LogP contribution in [0.5, 0.6) is 0 Å². The lowest BCUT2D eigenvalue weighted by Crippen LogP contribution is -2.22. The van der Waals surface area contributed by atoms with Crippen molar-refractivity contribution >= 4 is 21.6 Å². The quantitative estimate of drug-likeness (QED) is 0.113. The zero-order chi connectivity index (χ0) is 21.5. The monoisotopic (exact) mass is 448 g/mol. The molecule has 1 rings (SSSR count). The maximum absolute atomic E-state index is 4.34. The fraction of sp³-hybridized carbons (Fsp3) is 0.654. The average molecular weight is 449 g/mol. The number of rotatable bonds is 20. The molecule has 2 nitrogen and oxygen atoms in total. The molecule has 0 atom stereocenters. The van der Waals surface area contributed by atoms with Crippen molar-refractivity contribution in [2.75, 3.05) is 25.9 Å². The zero-order valence-electron chi connectivity index (χ0n) is 19.4. The number of hydrogen-bond donors (Lipinski definition) is 0. The van der Waals surface area contributed by atoms with E-state index in [1.165, 1.54) is 77.2 Å². The van der Waals surface area contributed by atoms with Gasteiger partial charge in [-0.3, -0.25) is 0 Å². The molecular formula is C26H44N2S2. The Labute approximate surface area is 194 Å². The summed E-state index contributed by atoms with van der Waals surface area (Å²) in [7, 11) is 5.93. The van der Waals surface area contributed by atoms with E-state index in [4.69, 9.17) is 0 Å². The van der Waals surface area contributed by atoms with Crippen molar-refractivity contribution in [3.8, 4) is 0 Å². The van der Waals surface area contributed by atoms with Crippen molar-refractivity contribution in [1.29, 1.82) is 0 Å². The molecule has 1 heterocycles. The molecule has 0 saturated carbocycles. The van der Waals surface area contributed by atoms with Crippen LogP contribution >= 0.6 is 21.6 Å². The highest BCUT2D eigenvalue weighted by Gasteiger charge is 2.00. The van der Waals surface area contributed by atoms with Crippen molar-refractivity contribution in [3.05, 3.63) is 48.7 Å². The number of unbranched alkanes of at least 4 members (excludes halogenated alkanes) is 9. The van der Waals surface area contributed by atoms with Gasteiger partial charge in [0, 0.05) is 18.5 Å². The van der Waals surface area contributed by atoms with E-state index >= 15 is 0 Å². The molecule has 0 bridgehead atoms. The van der Waals surface area contributed by atoms with E-state index in [2.05, 4.69) is 54.2 Å². The number of hydrogen-bond acceptors (Lipinski definition) is 4. The van der Waals surface area contributed by atoms with Crippen molar-refractivity contribution in [2.24, 2.45) is 0 Å². The molecule has 1 aromatic rings. The predicted molar refractivity (Wildman–Crippen MR) is 139 cm³/mol. The molecule has 0 aromatic carbocycles. The van der Waals surface area contributed by atoms with Gasteiger partial charge < -0.3 is 4.90 Å². The van der Waals surface area contributed by atoms with E-state index in [1.807, 2.05) is 29.1 Å². The van der Waals surface area contributed by atoms with Gasteiger partial charge >= 0.3 is 0 Å². The lowest BCUT2D eigenvalue weighted by atomic mass is 10.1. The molecule has 0 aliphatic heterocycles. The minimum Gasteiger partial charge on any atom is -0.306 e. The van der Waals surface area contributed by atoms with E-state index < -0.39 is 0 Å². The lowest BCUT2D eigenvalue weighted by molar-refractivity contribution is 0.343. The van der Waals surface area contributed by atoms with Gasteiger partial charge in [0.05, 0.1) is 0 Å². The Balaban J connectivity index is 1.80. The van der Waals surface area contributed by atoms with E-state index in [1.54, 1.807) is 10.8 Å². The lowest BCUT2D eigenvalue weighted by Gasteiger charge is -2.15. The summed E-state index contributed by atoms with van der Waals surface area (Å²) in [6, 6.07) is 6.09. The predicted octanol–water partition coefficient (Wildman–Crippen LogP) is 8.57. The van der Waals surface area contributed by atoms with E-state index in [-0.39, 0.29) is 0 Å². The van der Waals surface area contributed by atoms with E-state index in [9.17, 15) is 0 Å². The molecule has 0 fully saturated rings. The van der Waals surface area contributed by atoms with Crippen molar-refractivity contribution < 1.29 is 0 Å². The van der Waals surface area contributed by atoms with Crippen molar-refractivity contribution in [1.82, 2.24) is 9.88 Å². The van der Waals surface area contributed by atoms with Gasteiger partial charge in [-0.2, -0.15) is 0 Å². The Kier molecular flexibility index (Phi) is 19.6. The van der Waals surface area contributed by atoms with Crippen molar-refractivity contribution in [3.63, 3.8) is 0 Å². The Bertz CT molecular complexity index is 531. The molecule has 0 spiro atoms. The second-order valence-corrected chi connectivity index (χ2v) is 10.4. The first-order chi connectivity index (χ1) is 14.8. The van der Waals surface area contributed by atoms with Crippen LogP contribution < -0.4 is 0 Å². The largest absolute Gasteiger partial charge is 0.306 e. The summed E-state index contributed by atoms with van der Waals surface area (Å²) in [5, 5.41) is 1.11. The molecule has 0 aliphatic carbocycles. The van der Waals surface area contributed by atoms with Crippen LogP contribution in [0.1, 0.15) is 84.0 Å². The number of nitrogens with zero attached hydrogens (tertiary/aromatic N) is 2. The van der Waals surface area contributed by atoms with Crippen LogP contribution in [0.4, 0.5) is 0 Å². The molecule has 0 saturated heterocycles. The summed E-state index contributed by atoms with van der Waals surface area (Å²) in [5.41, 5.74) is 0. The molecule has 170 valence electrons. The number of allylic oxidation sites excluding steroid dienone is 4. The van der Waals surface area contributed by atoms with Gasteiger partial charge in [-0.15, -0.1) is 0 Å². The van der Waals surface area contributed by atoms with Crippen LogP contribution in [0, 0.1) is 0 Å². The van der Waals surface area contributed by atoms with Gasteiger partial charge in [0.25, 0.3) is 0 Å². The van der Waals surface area contributed by atoms with Crippen LogP contribution in [-0.2, 0) is 0 Å². The molecule has 0 radical (unpaired) electrons. The first-order valence-corrected chi connectivity index (χ1v) is 14.3. The maximum atomic E-state index is 4.34. The Morgan fingerprint density at radius 1 is 0.833 bits per heavy atom. The summed E-state index contributed by atoms with van der Waals surface area (Å²) < 4.78 is 0. The Morgan fingerprint density at radius 2 is 1.53 bits per heavy atom. The van der Waals surface area contributed by atoms with Crippen molar-refractivity contribution in [2.45, 2.75) is 89.0 Å². The zero-order valence-corrected chi connectivity index (χ0v) is 21.1. The van der Waals surface area contributed by atoms with Gasteiger partial charge in [0.1, 0.15) is 5.03 Å². The molecule has 1 aromatic heterocycles.